The maximum atomic E-state index is 12.3. The molecule has 0 amide bonds. The van der Waals surface area contributed by atoms with Crippen molar-refractivity contribution >= 4 is 34.8 Å². The van der Waals surface area contributed by atoms with Gasteiger partial charge in [-0.25, -0.2) is 4.79 Å². The van der Waals surface area contributed by atoms with Gasteiger partial charge in [0.15, 0.2) is 0 Å². The van der Waals surface area contributed by atoms with Crippen LogP contribution in [0.2, 0.25) is 0 Å². The number of hydrogen-bond acceptors (Lipinski definition) is 6. The summed E-state index contributed by atoms with van der Waals surface area (Å²) in [4.78, 5) is 24.5. The molecule has 1 aliphatic heterocycles. The van der Waals surface area contributed by atoms with Crippen LogP contribution in [0, 0.1) is 17.2 Å². The van der Waals surface area contributed by atoms with Gasteiger partial charge in [-0.2, -0.15) is 5.26 Å². The standard InChI is InChI=1S/C14H15N3O3S/c1-4-9-12(18)17-11(16)8(6-15)7(3)10(13(17)21-9)14(19)20-5-2/h4,7H,5,16H2,1-3H3/b9-4-/t7-/m1/s1. The molecule has 6 nitrogen and oxygen atoms in total. The van der Waals surface area contributed by atoms with Gasteiger partial charge in [-0.15, -0.1) is 11.3 Å². The van der Waals surface area contributed by atoms with E-state index >= 15 is 0 Å². The van der Waals surface area contributed by atoms with Crippen LogP contribution in [-0.2, 0) is 9.53 Å². The maximum Gasteiger partial charge on any atom is 0.337 e. The van der Waals surface area contributed by atoms with E-state index in [9.17, 15) is 14.9 Å². The summed E-state index contributed by atoms with van der Waals surface area (Å²) in [5.41, 5.74) is 6.13. The number of carbonyl (C=O) groups is 1. The number of nitrogens with zero attached hydrogens (tertiary/aromatic N) is 2. The molecule has 0 spiro atoms. The molecule has 0 aliphatic carbocycles. The third kappa shape index (κ3) is 2.17. The Hall–Kier alpha value is -2.33. The van der Waals surface area contributed by atoms with Crippen molar-refractivity contribution in [1.82, 2.24) is 4.57 Å². The zero-order valence-corrected chi connectivity index (χ0v) is 12.8. The van der Waals surface area contributed by atoms with E-state index in [4.69, 9.17) is 10.5 Å². The number of fused-ring (bicyclic) bond motifs is 1. The fourth-order valence-corrected chi connectivity index (χ4v) is 3.42. The van der Waals surface area contributed by atoms with Crippen LogP contribution in [0.3, 0.4) is 0 Å². The molecular formula is C14H15N3O3S. The zero-order chi connectivity index (χ0) is 15.7. The molecule has 2 heterocycles. The molecule has 2 rings (SSSR count). The molecule has 0 saturated heterocycles. The summed E-state index contributed by atoms with van der Waals surface area (Å²) < 4.78 is 7.19. The monoisotopic (exact) mass is 305 g/mol. The van der Waals surface area contributed by atoms with Crippen LogP contribution < -0.4 is 20.5 Å². The Balaban J connectivity index is 2.95. The Kier molecular flexibility index (Phi) is 4.00. The SMILES string of the molecule is C/C=c1\sc2n(c1=O)C(N)=C(C#N)[C@@H](C)C=2C(=O)OCC. The number of rotatable bonds is 2. The van der Waals surface area contributed by atoms with Crippen molar-refractivity contribution in [2.75, 3.05) is 6.61 Å². The lowest BCUT2D eigenvalue weighted by atomic mass is 9.92. The highest BCUT2D eigenvalue weighted by Crippen LogP contribution is 2.26. The average molecular weight is 305 g/mol. The van der Waals surface area contributed by atoms with E-state index in [0.717, 1.165) is 0 Å². The van der Waals surface area contributed by atoms with E-state index in [1.807, 2.05) is 6.07 Å². The summed E-state index contributed by atoms with van der Waals surface area (Å²) in [6.07, 6.45) is 1.66. The molecule has 1 aliphatic rings. The fourth-order valence-electron chi connectivity index (χ4n) is 2.27. The minimum atomic E-state index is -0.525. The van der Waals surface area contributed by atoms with Gasteiger partial charge in [0.05, 0.1) is 28.4 Å². The predicted octanol–water partition coefficient (Wildman–Crippen LogP) is -0.275. The first kappa shape index (κ1) is 15.1. The van der Waals surface area contributed by atoms with E-state index in [1.54, 1.807) is 26.8 Å². The largest absolute Gasteiger partial charge is 0.463 e. The lowest BCUT2D eigenvalue weighted by molar-refractivity contribution is -0.136. The van der Waals surface area contributed by atoms with Crippen LogP contribution >= 0.6 is 11.3 Å². The predicted molar refractivity (Wildman–Crippen MR) is 80.2 cm³/mol. The topological polar surface area (TPSA) is 98.1 Å². The van der Waals surface area contributed by atoms with Crippen molar-refractivity contribution in [2.45, 2.75) is 20.8 Å². The summed E-state index contributed by atoms with van der Waals surface area (Å²) in [6.45, 7) is 5.37. The minimum Gasteiger partial charge on any atom is -0.463 e. The van der Waals surface area contributed by atoms with Crippen LogP contribution in [-0.4, -0.2) is 17.1 Å². The van der Waals surface area contributed by atoms with Crippen molar-refractivity contribution in [1.29, 1.82) is 5.26 Å². The first-order chi connectivity index (χ1) is 9.97. The Morgan fingerprint density at radius 3 is 2.81 bits per heavy atom. The molecule has 0 aromatic carbocycles. The zero-order valence-electron chi connectivity index (χ0n) is 12.0. The lowest BCUT2D eigenvalue weighted by Gasteiger charge is -2.20. The smallest absolute Gasteiger partial charge is 0.337 e. The van der Waals surface area contributed by atoms with Crippen molar-refractivity contribution in [3.05, 3.63) is 25.1 Å². The Morgan fingerprint density at radius 2 is 2.29 bits per heavy atom. The molecule has 7 heteroatoms. The average Bonchev–Trinajstić information content (AvgIpc) is 2.76. The number of esters is 1. The number of carbonyl (C=O) groups excluding carboxylic acids is 1. The van der Waals surface area contributed by atoms with Gasteiger partial charge in [-0.05, 0) is 13.8 Å². The molecule has 0 bridgehead atoms. The number of allylic oxidation sites excluding steroid dienone is 1. The lowest BCUT2D eigenvalue weighted by Crippen LogP contribution is -2.40. The summed E-state index contributed by atoms with van der Waals surface area (Å²) in [5, 5.41) is 9.27. The molecule has 0 unspecified atom stereocenters. The quantitative estimate of drug-likeness (QED) is 0.758. The molecule has 1 aromatic heterocycles. The van der Waals surface area contributed by atoms with Gasteiger partial charge in [0.2, 0.25) is 0 Å². The summed E-state index contributed by atoms with van der Waals surface area (Å²) in [7, 11) is 0. The maximum absolute atomic E-state index is 12.3. The summed E-state index contributed by atoms with van der Waals surface area (Å²) >= 11 is 1.18. The van der Waals surface area contributed by atoms with Crippen molar-refractivity contribution in [3.8, 4) is 6.07 Å². The van der Waals surface area contributed by atoms with Crippen LogP contribution in [0.25, 0.3) is 17.5 Å². The van der Waals surface area contributed by atoms with Gasteiger partial charge in [-0.1, -0.05) is 13.0 Å². The van der Waals surface area contributed by atoms with Gasteiger partial charge >= 0.3 is 5.97 Å². The number of aromatic nitrogens is 1. The molecule has 110 valence electrons. The second-order valence-electron chi connectivity index (χ2n) is 4.47. The molecular weight excluding hydrogens is 290 g/mol. The van der Waals surface area contributed by atoms with Gasteiger partial charge in [0, 0.05) is 5.92 Å². The minimum absolute atomic E-state index is 0.0856. The van der Waals surface area contributed by atoms with Gasteiger partial charge in [0.25, 0.3) is 5.56 Å². The Labute approximate surface area is 125 Å². The Morgan fingerprint density at radius 1 is 1.62 bits per heavy atom. The first-order valence-electron chi connectivity index (χ1n) is 6.47. The molecule has 1 atom stereocenters. The van der Waals surface area contributed by atoms with E-state index < -0.39 is 11.9 Å². The molecule has 0 fully saturated rings. The van der Waals surface area contributed by atoms with E-state index in [0.29, 0.717) is 14.8 Å². The van der Waals surface area contributed by atoms with E-state index in [-0.39, 0.29) is 23.6 Å². The van der Waals surface area contributed by atoms with E-state index in [1.165, 1.54) is 15.9 Å². The second-order valence-corrected chi connectivity index (χ2v) is 5.50. The van der Waals surface area contributed by atoms with Crippen molar-refractivity contribution in [2.24, 2.45) is 11.7 Å². The van der Waals surface area contributed by atoms with Crippen molar-refractivity contribution in [3.63, 3.8) is 0 Å². The number of nitriles is 1. The fraction of sp³-hybridized carbons (Fsp3) is 0.357. The molecule has 21 heavy (non-hydrogen) atoms. The summed E-state index contributed by atoms with van der Waals surface area (Å²) in [6, 6.07) is 1.99. The number of hydrogen-bond donors (Lipinski definition) is 1. The Bertz CT molecular complexity index is 851. The third-order valence-corrected chi connectivity index (χ3v) is 4.54. The molecule has 0 saturated carbocycles. The third-order valence-electron chi connectivity index (χ3n) is 3.31. The van der Waals surface area contributed by atoms with Crippen LogP contribution in [0.15, 0.2) is 10.4 Å². The van der Waals surface area contributed by atoms with Crippen LogP contribution in [0.1, 0.15) is 20.8 Å². The molecule has 2 N–H and O–H groups in total. The van der Waals surface area contributed by atoms with Gasteiger partial charge in [-0.3, -0.25) is 9.36 Å². The van der Waals surface area contributed by atoms with Crippen LogP contribution in [0.5, 0.6) is 0 Å². The normalized spacial score (nSPS) is 18.5. The second kappa shape index (κ2) is 5.58. The highest BCUT2D eigenvalue weighted by molar-refractivity contribution is 7.07. The number of ether oxygens (including phenoxy) is 1. The summed E-state index contributed by atoms with van der Waals surface area (Å²) in [5.74, 6) is -0.942. The highest BCUT2D eigenvalue weighted by atomic mass is 32.1. The van der Waals surface area contributed by atoms with Crippen molar-refractivity contribution < 1.29 is 9.53 Å². The number of nitrogens with two attached hydrogens (primary N) is 1. The first-order valence-corrected chi connectivity index (χ1v) is 7.29. The molecule has 1 aromatic rings. The molecule has 0 radical (unpaired) electrons. The van der Waals surface area contributed by atoms with E-state index in [2.05, 4.69) is 0 Å². The van der Waals surface area contributed by atoms with Gasteiger partial charge < -0.3 is 10.5 Å². The van der Waals surface area contributed by atoms with Crippen LogP contribution in [0.4, 0.5) is 0 Å². The highest BCUT2D eigenvalue weighted by Gasteiger charge is 2.32. The van der Waals surface area contributed by atoms with Gasteiger partial charge in [0.1, 0.15) is 10.5 Å². The number of thiazole rings is 1.